The van der Waals surface area contributed by atoms with Crippen molar-refractivity contribution in [3.63, 3.8) is 0 Å². The number of benzene rings is 1. The number of aromatic nitrogens is 1. The van der Waals surface area contributed by atoms with Gasteiger partial charge in [0, 0.05) is 10.6 Å². The van der Waals surface area contributed by atoms with Crippen molar-refractivity contribution in [3.8, 4) is 0 Å². The molecule has 0 radical (unpaired) electrons. The summed E-state index contributed by atoms with van der Waals surface area (Å²) in [5.41, 5.74) is 12.2. The predicted octanol–water partition coefficient (Wildman–Crippen LogP) is 3.61. The monoisotopic (exact) mass is 402 g/mol. The number of aryl methyl sites for hydroxylation is 3. The summed E-state index contributed by atoms with van der Waals surface area (Å²) in [4.78, 5) is 9.66. The molecule has 0 atom stereocenters. The maximum atomic E-state index is 5.88. The Hall–Kier alpha value is -1.15. The van der Waals surface area contributed by atoms with E-state index in [1.54, 1.807) is 11.3 Å². The molecule has 1 aromatic carbocycles. The van der Waals surface area contributed by atoms with E-state index in [0.29, 0.717) is 12.5 Å². The number of anilines is 1. The minimum absolute atomic E-state index is 0. The molecule has 0 unspecified atom stereocenters. The Kier molecular flexibility index (Phi) is 6.41. The summed E-state index contributed by atoms with van der Waals surface area (Å²) in [7, 11) is 0. The first-order valence-corrected chi connectivity index (χ1v) is 6.97. The summed E-state index contributed by atoms with van der Waals surface area (Å²) in [6, 6.07) is 6.14. The van der Waals surface area contributed by atoms with Crippen molar-refractivity contribution in [3.05, 3.63) is 45.4 Å². The van der Waals surface area contributed by atoms with Crippen molar-refractivity contribution in [1.29, 1.82) is 0 Å². The summed E-state index contributed by atoms with van der Waals surface area (Å²) < 4.78 is 0. The van der Waals surface area contributed by atoms with Crippen LogP contribution in [0, 0.1) is 20.8 Å². The van der Waals surface area contributed by atoms with Crippen molar-refractivity contribution in [2.45, 2.75) is 27.3 Å². The first-order chi connectivity index (χ1) is 9.06. The highest BCUT2D eigenvalue weighted by Crippen LogP contribution is 2.15. The lowest BCUT2D eigenvalue weighted by Crippen LogP contribution is -2.22. The Morgan fingerprint density at radius 3 is 2.65 bits per heavy atom. The molecule has 1 heterocycles. The zero-order chi connectivity index (χ0) is 13.8. The molecule has 2 aromatic rings. The van der Waals surface area contributed by atoms with Gasteiger partial charge in [0.2, 0.25) is 0 Å². The van der Waals surface area contributed by atoms with Crippen LogP contribution in [0.4, 0.5) is 5.69 Å². The van der Waals surface area contributed by atoms with Gasteiger partial charge in [-0.2, -0.15) is 0 Å². The van der Waals surface area contributed by atoms with Crippen LogP contribution in [0.1, 0.15) is 21.7 Å². The second-order valence-corrected chi connectivity index (χ2v) is 5.43. The van der Waals surface area contributed by atoms with Crippen LogP contribution in [-0.4, -0.2) is 10.9 Å². The Morgan fingerprint density at radius 1 is 1.30 bits per heavy atom. The number of hydrogen-bond donors (Lipinski definition) is 2. The van der Waals surface area contributed by atoms with Crippen LogP contribution in [0.25, 0.3) is 0 Å². The average molecular weight is 402 g/mol. The second kappa shape index (κ2) is 7.58. The third-order valence-corrected chi connectivity index (χ3v) is 3.94. The van der Waals surface area contributed by atoms with Crippen LogP contribution < -0.4 is 11.1 Å². The minimum atomic E-state index is 0. The molecule has 0 saturated carbocycles. The number of aliphatic imine (C=N–C) groups is 1. The first kappa shape index (κ1) is 16.9. The van der Waals surface area contributed by atoms with E-state index in [1.165, 1.54) is 11.1 Å². The molecule has 0 spiro atoms. The Labute approximate surface area is 140 Å². The number of nitrogens with two attached hydrogens (primary N) is 1. The standard InChI is InChI=1S/C14H18N4S.HI/c1-9-4-5-12(6-10(9)2)18-14(15)16-7-13-11(3)17-8-19-13;/h4-6,8H,7H2,1-3H3,(H3,15,16,18);1H. The lowest BCUT2D eigenvalue weighted by molar-refractivity contribution is 1.05. The molecule has 1 aromatic heterocycles. The van der Waals surface area contributed by atoms with Gasteiger partial charge in [0.15, 0.2) is 5.96 Å². The number of nitrogens with one attached hydrogen (secondary N) is 1. The molecule has 0 saturated heterocycles. The van der Waals surface area contributed by atoms with Gasteiger partial charge < -0.3 is 11.1 Å². The molecule has 0 fully saturated rings. The number of hydrogen-bond acceptors (Lipinski definition) is 3. The zero-order valence-electron chi connectivity index (χ0n) is 11.8. The SMILES string of the molecule is Cc1ccc(NC(N)=NCc2scnc2C)cc1C.I. The molecule has 0 bridgehead atoms. The summed E-state index contributed by atoms with van der Waals surface area (Å²) in [6.07, 6.45) is 0. The highest BCUT2D eigenvalue weighted by atomic mass is 127. The zero-order valence-corrected chi connectivity index (χ0v) is 15.0. The normalized spacial score (nSPS) is 11.1. The van der Waals surface area contributed by atoms with Crippen LogP contribution in [-0.2, 0) is 6.54 Å². The highest BCUT2D eigenvalue weighted by Gasteiger charge is 2.01. The van der Waals surface area contributed by atoms with Crippen molar-refractivity contribution >= 4 is 47.0 Å². The van der Waals surface area contributed by atoms with E-state index < -0.39 is 0 Å². The van der Waals surface area contributed by atoms with Crippen molar-refractivity contribution in [2.24, 2.45) is 10.7 Å². The fraction of sp³-hybridized carbons (Fsp3) is 0.286. The van der Waals surface area contributed by atoms with Crippen LogP contribution in [0.2, 0.25) is 0 Å². The van der Waals surface area contributed by atoms with E-state index in [9.17, 15) is 0 Å². The van der Waals surface area contributed by atoms with Crippen LogP contribution in [0.5, 0.6) is 0 Å². The maximum absolute atomic E-state index is 5.88. The van der Waals surface area contributed by atoms with Crippen molar-refractivity contribution in [1.82, 2.24) is 4.98 Å². The molecule has 6 heteroatoms. The third-order valence-electron chi connectivity index (χ3n) is 3.02. The minimum Gasteiger partial charge on any atom is -0.370 e. The largest absolute Gasteiger partial charge is 0.370 e. The van der Waals surface area contributed by atoms with E-state index in [-0.39, 0.29) is 24.0 Å². The molecule has 0 aliphatic carbocycles. The number of halogens is 1. The number of thiazole rings is 1. The second-order valence-electron chi connectivity index (χ2n) is 4.49. The molecule has 4 nitrogen and oxygen atoms in total. The van der Waals surface area contributed by atoms with Crippen LogP contribution in [0.15, 0.2) is 28.7 Å². The fourth-order valence-electron chi connectivity index (χ4n) is 1.64. The summed E-state index contributed by atoms with van der Waals surface area (Å²) >= 11 is 1.60. The van der Waals surface area contributed by atoms with Gasteiger partial charge in [-0.25, -0.2) is 9.98 Å². The molecule has 0 aliphatic rings. The van der Waals surface area contributed by atoms with Gasteiger partial charge in [-0.3, -0.25) is 0 Å². The van der Waals surface area contributed by atoms with E-state index in [0.717, 1.165) is 16.3 Å². The molecule has 0 aliphatic heterocycles. The average Bonchev–Trinajstić information content (AvgIpc) is 2.77. The summed E-state index contributed by atoms with van der Waals surface area (Å²) in [5.74, 6) is 0.427. The van der Waals surface area contributed by atoms with Gasteiger partial charge in [0.1, 0.15) is 0 Å². The first-order valence-electron chi connectivity index (χ1n) is 6.09. The Morgan fingerprint density at radius 2 is 2.05 bits per heavy atom. The van der Waals surface area contributed by atoms with E-state index >= 15 is 0 Å². The van der Waals surface area contributed by atoms with Gasteiger partial charge >= 0.3 is 0 Å². The van der Waals surface area contributed by atoms with Crippen molar-refractivity contribution < 1.29 is 0 Å². The number of rotatable bonds is 3. The fourth-order valence-corrected chi connectivity index (χ4v) is 2.34. The lowest BCUT2D eigenvalue weighted by atomic mass is 10.1. The molecule has 2 rings (SSSR count). The topological polar surface area (TPSA) is 63.3 Å². The third kappa shape index (κ3) is 4.45. The van der Waals surface area contributed by atoms with Gasteiger partial charge in [0.05, 0.1) is 17.7 Å². The summed E-state index contributed by atoms with van der Waals surface area (Å²) in [5, 5.41) is 3.10. The number of nitrogens with zero attached hydrogens (tertiary/aromatic N) is 2. The van der Waals surface area contributed by atoms with Gasteiger partial charge in [0.25, 0.3) is 0 Å². The molecule has 0 amide bonds. The van der Waals surface area contributed by atoms with Gasteiger partial charge in [-0.05, 0) is 44.0 Å². The molecular weight excluding hydrogens is 383 g/mol. The van der Waals surface area contributed by atoms with E-state index in [4.69, 9.17) is 5.73 Å². The summed E-state index contributed by atoms with van der Waals surface area (Å²) in [6.45, 7) is 6.71. The molecule has 3 N–H and O–H groups in total. The van der Waals surface area contributed by atoms with E-state index in [1.807, 2.05) is 18.5 Å². The van der Waals surface area contributed by atoms with Crippen molar-refractivity contribution in [2.75, 3.05) is 5.32 Å². The number of guanidine groups is 1. The quantitative estimate of drug-likeness (QED) is 0.469. The Balaban J connectivity index is 0.00000200. The lowest BCUT2D eigenvalue weighted by Gasteiger charge is -2.07. The van der Waals surface area contributed by atoms with E-state index in [2.05, 4.69) is 41.3 Å². The Bertz CT molecular complexity index is 607. The highest BCUT2D eigenvalue weighted by molar-refractivity contribution is 14.0. The predicted molar refractivity (Wildman–Crippen MR) is 97.1 cm³/mol. The molecular formula is C14H19IN4S. The van der Waals surface area contributed by atoms with Gasteiger partial charge in [-0.15, -0.1) is 35.3 Å². The maximum Gasteiger partial charge on any atom is 0.193 e. The van der Waals surface area contributed by atoms with Crippen LogP contribution >= 0.6 is 35.3 Å². The molecule has 20 heavy (non-hydrogen) atoms. The smallest absolute Gasteiger partial charge is 0.193 e. The van der Waals surface area contributed by atoms with Gasteiger partial charge in [-0.1, -0.05) is 6.07 Å². The molecule has 108 valence electrons. The van der Waals surface area contributed by atoms with Crippen LogP contribution in [0.3, 0.4) is 0 Å².